The molecule has 25 heavy (non-hydrogen) atoms. The number of furan rings is 1. The van der Waals surface area contributed by atoms with Gasteiger partial charge in [0.25, 0.3) is 0 Å². The minimum atomic E-state index is 0.242. The van der Waals surface area contributed by atoms with Crippen molar-refractivity contribution < 1.29 is 9.52 Å². The molecule has 2 aromatic carbocycles. The monoisotopic (exact) mass is 335 g/mol. The third-order valence-electron chi connectivity index (χ3n) is 5.76. The van der Waals surface area contributed by atoms with Crippen LogP contribution in [0.25, 0.3) is 21.9 Å². The maximum absolute atomic E-state index is 10.2. The Morgan fingerprint density at radius 2 is 1.80 bits per heavy atom. The number of allylic oxidation sites excluding steroid dienone is 1. The molecule has 0 atom stereocenters. The van der Waals surface area contributed by atoms with Gasteiger partial charge in [0.15, 0.2) is 5.58 Å². The fourth-order valence-corrected chi connectivity index (χ4v) is 4.25. The zero-order valence-electron chi connectivity index (χ0n) is 14.7. The Kier molecular flexibility index (Phi) is 3.95. The zero-order valence-corrected chi connectivity index (χ0v) is 14.7. The maximum Gasteiger partial charge on any atom is 0.158 e. The summed E-state index contributed by atoms with van der Waals surface area (Å²) >= 11 is 0. The minimum Gasteiger partial charge on any atom is -0.508 e. The quantitative estimate of drug-likeness (QED) is 0.463. The molecule has 4 rings (SSSR count). The van der Waals surface area contributed by atoms with Crippen molar-refractivity contribution in [3.63, 3.8) is 0 Å². The number of nitrogen functional groups attached to an aromatic ring is 1. The van der Waals surface area contributed by atoms with E-state index in [0.29, 0.717) is 12.3 Å². The summed E-state index contributed by atoms with van der Waals surface area (Å²) in [7, 11) is 0. The Hall–Kier alpha value is -2.42. The highest BCUT2D eigenvalue weighted by molar-refractivity contribution is 6.10. The molecule has 0 aliphatic heterocycles. The lowest BCUT2D eigenvalue weighted by Crippen LogP contribution is -2.12. The summed E-state index contributed by atoms with van der Waals surface area (Å²) in [5.41, 5.74) is 10.8. The van der Waals surface area contributed by atoms with Gasteiger partial charge in [-0.3, -0.25) is 0 Å². The number of aromatic hydroxyl groups is 1. The molecule has 0 saturated heterocycles. The molecular weight excluding hydrogens is 310 g/mol. The summed E-state index contributed by atoms with van der Waals surface area (Å²) in [6, 6.07) is 7.93. The third-order valence-corrected chi connectivity index (χ3v) is 5.76. The first-order chi connectivity index (χ1) is 12.1. The number of benzene rings is 2. The molecule has 0 unspecified atom stereocenters. The van der Waals surface area contributed by atoms with Crippen LogP contribution in [0.15, 0.2) is 41.3 Å². The van der Waals surface area contributed by atoms with E-state index in [1.807, 2.05) is 6.07 Å². The van der Waals surface area contributed by atoms with Crippen molar-refractivity contribution in [3.05, 3.63) is 48.0 Å². The van der Waals surface area contributed by atoms with Crippen LogP contribution in [-0.4, -0.2) is 5.11 Å². The molecule has 130 valence electrons. The second-order valence-corrected chi connectivity index (χ2v) is 7.44. The molecule has 3 nitrogen and oxygen atoms in total. The second kappa shape index (κ2) is 6.14. The standard InChI is InChI=1S/C22H25NO2/c1-3-4-18-19(24)12-11-16-17-10-9-15(14-7-5-13(2)6-8-14)20(23)22(17)25-21(16)18/h3,9-14,24H,1,4-8,23H2,2H3. The first kappa shape index (κ1) is 16.1. The predicted molar refractivity (Wildman–Crippen MR) is 104 cm³/mol. The van der Waals surface area contributed by atoms with E-state index in [9.17, 15) is 5.11 Å². The third kappa shape index (κ3) is 2.58. The smallest absolute Gasteiger partial charge is 0.158 e. The highest BCUT2D eigenvalue weighted by atomic mass is 16.3. The molecule has 1 saturated carbocycles. The normalized spacial score (nSPS) is 21.0. The van der Waals surface area contributed by atoms with Crippen LogP contribution in [0.2, 0.25) is 0 Å². The van der Waals surface area contributed by atoms with Gasteiger partial charge in [0.05, 0.1) is 5.69 Å². The minimum absolute atomic E-state index is 0.242. The van der Waals surface area contributed by atoms with E-state index >= 15 is 0 Å². The molecule has 0 spiro atoms. The molecule has 1 aromatic heterocycles. The van der Waals surface area contributed by atoms with E-state index in [4.69, 9.17) is 10.2 Å². The second-order valence-electron chi connectivity index (χ2n) is 7.44. The van der Waals surface area contributed by atoms with Crippen molar-refractivity contribution >= 4 is 27.6 Å². The molecule has 1 fully saturated rings. The molecule has 1 aliphatic rings. The van der Waals surface area contributed by atoms with Crippen molar-refractivity contribution in [2.75, 3.05) is 5.73 Å². The van der Waals surface area contributed by atoms with Gasteiger partial charge in [0.2, 0.25) is 0 Å². The zero-order chi connectivity index (χ0) is 17.6. The van der Waals surface area contributed by atoms with E-state index in [1.54, 1.807) is 12.1 Å². The SMILES string of the molecule is C=CCc1c(O)ccc2c1oc1c(N)c(C3CCC(C)CC3)ccc12. The number of phenolic OH excluding ortho intramolecular Hbond substituents is 1. The molecule has 3 aromatic rings. The Morgan fingerprint density at radius 3 is 2.52 bits per heavy atom. The van der Waals surface area contributed by atoms with Gasteiger partial charge in [0.1, 0.15) is 11.3 Å². The van der Waals surface area contributed by atoms with Crippen molar-refractivity contribution in [1.82, 2.24) is 0 Å². The van der Waals surface area contributed by atoms with Crippen molar-refractivity contribution in [2.24, 2.45) is 5.92 Å². The molecule has 0 amide bonds. The Labute approximate surface area is 148 Å². The van der Waals surface area contributed by atoms with E-state index in [-0.39, 0.29) is 5.75 Å². The largest absolute Gasteiger partial charge is 0.508 e. The van der Waals surface area contributed by atoms with Crippen LogP contribution < -0.4 is 5.73 Å². The fraction of sp³-hybridized carbons (Fsp3) is 0.364. The average molecular weight is 335 g/mol. The number of anilines is 1. The lowest BCUT2D eigenvalue weighted by atomic mass is 9.79. The van der Waals surface area contributed by atoms with Crippen LogP contribution in [0, 0.1) is 5.92 Å². The summed E-state index contributed by atoms with van der Waals surface area (Å²) in [6.07, 6.45) is 7.26. The number of fused-ring (bicyclic) bond motifs is 3. The van der Waals surface area contributed by atoms with Gasteiger partial charge < -0.3 is 15.3 Å². The number of hydrogen-bond donors (Lipinski definition) is 2. The first-order valence-corrected chi connectivity index (χ1v) is 9.16. The van der Waals surface area contributed by atoms with Crippen LogP contribution in [0.5, 0.6) is 5.75 Å². The van der Waals surface area contributed by atoms with Crippen LogP contribution in [0.3, 0.4) is 0 Å². The Morgan fingerprint density at radius 1 is 1.12 bits per heavy atom. The fourth-order valence-electron chi connectivity index (χ4n) is 4.25. The van der Waals surface area contributed by atoms with Crippen molar-refractivity contribution in [2.45, 2.75) is 44.9 Å². The van der Waals surface area contributed by atoms with Gasteiger partial charge in [-0.1, -0.05) is 38.0 Å². The van der Waals surface area contributed by atoms with Gasteiger partial charge >= 0.3 is 0 Å². The highest BCUT2D eigenvalue weighted by Gasteiger charge is 2.24. The number of hydrogen-bond acceptors (Lipinski definition) is 3. The molecule has 1 aliphatic carbocycles. The van der Waals surface area contributed by atoms with Crippen LogP contribution in [0.1, 0.15) is 49.7 Å². The Bertz CT molecular complexity index is 946. The van der Waals surface area contributed by atoms with E-state index in [0.717, 1.165) is 39.1 Å². The topological polar surface area (TPSA) is 59.4 Å². The predicted octanol–water partition coefficient (Wildman–Crippen LogP) is 5.90. The van der Waals surface area contributed by atoms with Crippen LogP contribution >= 0.6 is 0 Å². The van der Waals surface area contributed by atoms with Gasteiger partial charge in [0, 0.05) is 16.3 Å². The van der Waals surface area contributed by atoms with Crippen molar-refractivity contribution in [3.8, 4) is 5.75 Å². The molecule has 0 radical (unpaired) electrons. The number of phenols is 1. The lowest BCUT2D eigenvalue weighted by Gasteiger charge is -2.27. The summed E-state index contributed by atoms with van der Waals surface area (Å²) < 4.78 is 6.17. The summed E-state index contributed by atoms with van der Waals surface area (Å²) in [5.74, 6) is 1.58. The van der Waals surface area contributed by atoms with Crippen LogP contribution in [0.4, 0.5) is 5.69 Å². The lowest BCUT2D eigenvalue weighted by molar-refractivity contribution is 0.348. The van der Waals surface area contributed by atoms with Crippen molar-refractivity contribution in [1.29, 1.82) is 0 Å². The number of nitrogens with two attached hydrogens (primary N) is 1. The summed E-state index contributed by atoms with van der Waals surface area (Å²) in [6.45, 7) is 6.11. The summed E-state index contributed by atoms with van der Waals surface area (Å²) in [5, 5.41) is 12.2. The molecule has 3 heteroatoms. The molecular formula is C22H25NO2. The maximum atomic E-state index is 10.2. The van der Waals surface area contributed by atoms with Gasteiger partial charge in [-0.05, 0) is 48.8 Å². The van der Waals surface area contributed by atoms with E-state index in [2.05, 4.69) is 25.6 Å². The van der Waals surface area contributed by atoms with Gasteiger partial charge in [-0.15, -0.1) is 6.58 Å². The molecule has 0 bridgehead atoms. The molecule has 1 heterocycles. The first-order valence-electron chi connectivity index (χ1n) is 9.16. The Balaban J connectivity index is 1.88. The van der Waals surface area contributed by atoms with E-state index < -0.39 is 0 Å². The molecule has 3 N–H and O–H groups in total. The summed E-state index contributed by atoms with van der Waals surface area (Å²) in [4.78, 5) is 0. The number of rotatable bonds is 3. The van der Waals surface area contributed by atoms with Crippen LogP contribution in [-0.2, 0) is 6.42 Å². The van der Waals surface area contributed by atoms with E-state index in [1.165, 1.54) is 31.2 Å². The highest BCUT2D eigenvalue weighted by Crippen LogP contribution is 2.43. The van der Waals surface area contributed by atoms with Gasteiger partial charge in [-0.2, -0.15) is 0 Å². The van der Waals surface area contributed by atoms with Gasteiger partial charge in [-0.25, -0.2) is 0 Å². The average Bonchev–Trinajstić information content (AvgIpc) is 2.99.